The number of aromatic nitrogens is 2. The normalized spacial score (nSPS) is 28.9. The number of fused-ring (bicyclic) bond motifs is 5. The molecular weight excluding hydrogens is 334 g/mol. The van der Waals surface area contributed by atoms with Crippen LogP contribution in [0.4, 0.5) is 0 Å². The van der Waals surface area contributed by atoms with Gasteiger partial charge in [-0.15, -0.1) is 0 Å². The van der Waals surface area contributed by atoms with Crippen LogP contribution in [0.2, 0.25) is 0 Å². The van der Waals surface area contributed by atoms with Crippen LogP contribution >= 0.6 is 0 Å². The third-order valence-corrected chi connectivity index (χ3v) is 7.13. The first kappa shape index (κ1) is 18.5. The number of rotatable bonds is 4. The Bertz CT molecular complexity index is 841. The highest BCUT2D eigenvalue weighted by Gasteiger charge is 2.49. The summed E-state index contributed by atoms with van der Waals surface area (Å²) < 4.78 is 2.01. The monoisotopic (exact) mass is 367 g/mol. The van der Waals surface area contributed by atoms with E-state index >= 15 is 0 Å². The molecule has 3 aliphatic rings. The van der Waals surface area contributed by atoms with Crippen LogP contribution in [-0.2, 0) is 0 Å². The zero-order valence-electron chi connectivity index (χ0n) is 17.2. The second-order valence-electron chi connectivity index (χ2n) is 9.27. The van der Waals surface area contributed by atoms with Gasteiger partial charge >= 0.3 is 0 Å². The summed E-state index contributed by atoms with van der Waals surface area (Å²) in [5, 5.41) is 3.42. The Morgan fingerprint density at radius 1 is 1.41 bits per heavy atom. The number of carbonyl (C=O) groups excluding carboxylic acids is 1. The zero-order chi connectivity index (χ0) is 19.2. The Morgan fingerprint density at radius 3 is 2.93 bits per heavy atom. The molecule has 4 heteroatoms. The Balaban J connectivity index is 1.55. The maximum absolute atomic E-state index is 13.2. The van der Waals surface area contributed by atoms with E-state index < -0.39 is 0 Å². The molecule has 2 heterocycles. The van der Waals surface area contributed by atoms with Crippen molar-refractivity contribution in [2.75, 3.05) is 0 Å². The highest BCUT2D eigenvalue weighted by Crippen LogP contribution is 2.56. The van der Waals surface area contributed by atoms with Gasteiger partial charge < -0.3 is 9.72 Å². The van der Waals surface area contributed by atoms with Crippen molar-refractivity contribution in [1.29, 1.82) is 0 Å². The maximum atomic E-state index is 13.2. The summed E-state index contributed by atoms with van der Waals surface area (Å²) in [6.45, 7) is 8.67. The molecule has 0 saturated heterocycles. The molecule has 0 radical (unpaired) electrons. The van der Waals surface area contributed by atoms with Crippen LogP contribution in [-0.4, -0.2) is 21.3 Å². The third kappa shape index (κ3) is 3.28. The highest BCUT2D eigenvalue weighted by atomic mass is 16.1. The standard InChI is InChI=1S/C23H33N3O/c1-5-20(23-9-6-7-15(2)11-18(13-23)14-23)25-22(27)19-8-10-26-17(4)12-16(3)24-21(19)26/h8,10,12,15,18,20H,5-7,9,11,13-14H2,1-4H3,(H,25,27). The predicted octanol–water partition coefficient (Wildman–Crippen LogP) is 5.07. The van der Waals surface area contributed by atoms with Crippen LogP contribution in [0.5, 0.6) is 0 Å². The van der Waals surface area contributed by atoms with E-state index in [-0.39, 0.29) is 11.9 Å². The van der Waals surface area contributed by atoms with E-state index in [4.69, 9.17) is 0 Å². The first-order chi connectivity index (χ1) is 12.9. The number of nitrogens with one attached hydrogen (secondary N) is 1. The summed E-state index contributed by atoms with van der Waals surface area (Å²) in [4.78, 5) is 17.8. The Morgan fingerprint density at radius 2 is 2.19 bits per heavy atom. The fourth-order valence-electron chi connectivity index (χ4n) is 5.90. The van der Waals surface area contributed by atoms with Gasteiger partial charge in [-0.2, -0.15) is 0 Å². The molecular formula is C23H33N3O. The van der Waals surface area contributed by atoms with Crippen molar-refractivity contribution in [2.24, 2.45) is 17.3 Å². The van der Waals surface area contributed by atoms with Gasteiger partial charge in [0.15, 0.2) is 0 Å². The largest absolute Gasteiger partial charge is 0.349 e. The molecule has 0 aliphatic heterocycles. The van der Waals surface area contributed by atoms with Gasteiger partial charge in [0, 0.05) is 23.6 Å². The van der Waals surface area contributed by atoms with Crippen LogP contribution in [0.15, 0.2) is 18.3 Å². The lowest BCUT2D eigenvalue weighted by Crippen LogP contribution is -2.55. The number of aryl methyl sites for hydroxylation is 2. The van der Waals surface area contributed by atoms with E-state index in [1.807, 2.05) is 29.7 Å². The first-order valence-corrected chi connectivity index (χ1v) is 10.7. The fourth-order valence-corrected chi connectivity index (χ4v) is 5.90. The van der Waals surface area contributed by atoms with Crippen LogP contribution < -0.4 is 5.32 Å². The van der Waals surface area contributed by atoms with Gasteiger partial charge in [-0.25, -0.2) is 4.98 Å². The molecule has 27 heavy (non-hydrogen) atoms. The molecule has 4 nitrogen and oxygen atoms in total. The fraction of sp³-hybridized carbons (Fsp3) is 0.652. The number of carbonyl (C=O) groups is 1. The van der Waals surface area contributed by atoms with E-state index in [9.17, 15) is 4.79 Å². The second-order valence-corrected chi connectivity index (χ2v) is 9.27. The van der Waals surface area contributed by atoms with Gasteiger partial charge in [0.2, 0.25) is 0 Å². The first-order valence-electron chi connectivity index (χ1n) is 10.7. The molecule has 0 spiro atoms. The number of nitrogens with zero attached hydrogens (tertiary/aromatic N) is 2. The summed E-state index contributed by atoms with van der Waals surface area (Å²) in [6, 6.07) is 4.24. The van der Waals surface area contributed by atoms with Crippen molar-refractivity contribution in [3.63, 3.8) is 0 Å². The minimum Gasteiger partial charge on any atom is -0.349 e. The Labute approximate surface area is 162 Å². The van der Waals surface area contributed by atoms with Crippen molar-refractivity contribution in [3.8, 4) is 0 Å². The summed E-state index contributed by atoms with van der Waals surface area (Å²) in [6.07, 6.45) is 10.8. The maximum Gasteiger partial charge on any atom is 0.255 e. The lowest BCUT2D eigenvalue weighted by molar-refractivity contribution is -0.0217. The quantitative estimate of drug-likeness (QED) is 0.820. The summed E-state index contributed by atoms with van der Waals surface area (Å²) in [5.41, 5.74) is 3.86. The molecule has 3 fully saturated rings. The van der Waals surface area contributed by atoms with Gasteiger partial charge in [-0.05, 0) is 75.3 Å². The minimum absolute atomic E-state index is 0.0371. The van der Waals surface area contributed by atoms with Gasteiger partial charge in [0.1, 0.15) is 5.65 Å². The van der Waals surface area contributed by atoms with Gasteiger partial charge in [0.05, 0.1) is 5.56 Å². The molecule has 3 saturated carbocycles. The summed E-state index contributed by atoms with van der Waals surface area (Å²) >= 11 is 0. The van der Waals surface area contributed by atoms with Crippen LogP contribution in [0.3, 0.4) is 0 Å². The molecule has 3 aliphatic carbocycles. The molecule has 2 bridgehead atoms. The van der Waals surface area contributed by atoms with Crippen molar-refractivity contribution in [3.05, 3.63) is 35.3 Å². The molecule has 5 rings (SSSR count). The van der Waals surface area contributed by atoms with Crippen molar-refractivity contribution < 1.29 is 4.79 Å². The summed E-state index contributed by atoms with van der Waals surface area (Å²) in [7, 11) is 0. The molecule has 1 N–H and O–H groups in total. The topological polar surface area (TPSA) is 46.4 Å². The van der Waals surface area contributed by atoms with Crippen LogP contribution in [0.25, 0.3) is 5.65 Å². The predicted molar refractivity (Wildman–Crippen MR) is 109 cm³/mol. The lowest BCUT2D eigenvalue weighted by Gasteiger charge is -2.55. The molecule has 0 aromatic carbocycles. The Kier molecular flexibility index (Phi) is 4.77. The molecule has 1 amide bonds. The van der Waals surface area contributed by atoms with Crippen LogP contribution in [0.1, 0.15) is 80.5 Å². The third-order valence-electron chi connectivity index (χ3n) is 7.13. The molecule has 2 aromatic rings. The van der Waals surface area contributed by atoms with E-state index in [1.54, 1.807) is 0 Å². The van der Waals surface area contributed by atoms with E-state index in [2.05, 4.69) is 31.1 Å². The van der Waals surface area contributed by atoms with E-state index in [0.717, 1.165) is 35.3 Å². The minimum atomic E-state index is 0.0371. The Hall–Kier alpha value is -1.84. The van der Waals surface area contributed by atoms with Gasteiger partial charge in [0.25, 0.3) is 5.91 Å². The lowest BCUT2D eigenvalue weighted by atomic mass is 9.52. The number of hydrogen-bond acceptors (Lipinski definition) is 2. The molecule has 2 atom stereocenters. The second kappa shape index (κ2) is 6.96. The van der Waals surface area contributed by atoms with Crippen molar-refractivity contribution in [2.45, 2.75) is 78.7 Å². The van der Waals surface area contributed by atoms with Gasteiger partial charge in [-0.1, -0.05) is 26.7 Å². The van der Waals surface area contributed by atoms with E-state index in [0.29, 0.717) is 11.0 Å². The SMILES string of the molecule is CCC(NC(=O)c1ccn2c(C)cc(C)nc12)C12CCCC(C)CC(C1)C2. The number of amides is 1. The highest BCUT2D eigenvalue weighted by molar-refractivity contribution is 6.00. The average molecular weight is 368 g/mol. The average Bonchev–Trinajstić information content (AvgIpc) is 2.98. The smallest absolute Gasteiger partial charge is 0.255 e. The summed E-state index contributed by atoms with van der Waals surface area (Å²) in [5.74, 6) is 1.77. The van der Waals surface area contributed by atoms with E-state index in [1.165, 1.54) is 38.5 Å². The molecule has 2 unspecified atom stereocenters. The number of hydrogen-bond donors (Lipinski definition) is 1. The zero-order valence-corrected chi connectivity index (χ0v) is 17.2. The molecule has 2 aromatic heterocycles. The van der Waals surface area contributed by atoms with Gasteiger partial charge in [-0.3, -0.25) is 4.79 Å². The van der Waals surface area contributed by atoms with Crippen LogP contribution in [0, 0.1) is 31.1 Å². The molecule has 146 valence electrons. The van der Waals surface area contributed by atoms with Crippen molar-refractivity contribution >= 4 is 11.6 Å². The van der Waals surface area contributed by atoms with Crippen molar-refractivity contribution in [1.82, 2.24) is 14.7 Å².